The smallest absolute Gasteiger partial charge is 0.191 e. The van der Waals surface area contributed by atoms with Crippen molar-refractivity contribution in [2.24, 2.45) is 10.9 Å². The molecule has 150 valence electrons. The Morgan fingerprint density at radius 2 is 1.84 bits per heavy atom. The number of methoxy groups -OCH3 is 1. The molecule has 25 heavy (non-hydrogen) atoms. The molecule has 7 heteroatoms. The second-order valence-corrected chi connectivity index (χ2v) is 6.77. The zero-order chi connectivity index (χ0) is 17.6. The van der Waals surface area contributed by atoms with Crippen LogP contribution in [0.4, 0.5) is 0 Å². The maximum Gasteiger partial charge on any atom is 0.191 e. The predicted octanol–water partition coefficient (Wildman–Crippen LogP) is 2.33. The fourth-order valence-electron chi connectivity index (χ4n) is 3.34. The van der Waals surface area contributed by atoms with E-state index >= 15 is 0 Å². The Kier molecular flexibility index (Phi) is 16.0. The summed E-state index contributed by atoms with van der Waals surface area (Å²) in [7, 11) is 7.90. The van der Waals surface area contributed by atoms with E-state index in [-0.39, 0.29) is 24.0 Å². The van der Waals surface area contributed by atoms with Gasteiger partial charge in [-0.25, -0.2) is 0 Å². The number of rotatable bonds is 11. The standard InChI is InChI=1S/C18H38N4O2.HI/c1-19-18(20-11-8-12-24-14-13-23-4)21-15-17(22(2)3)16-9-6-5-7-10-16;/h16-17H,5-15H2,1-4H3,(H2,19,20,21);1H. The van der Waals surface area contributed by atoms with Crippen LogP contribution in [0.15, 0.2) is 4.99 Å². The Hall–Kier alpha value is -0.120. The minimum atomic E-state index is 0. The largest absolute Gasteiger partial charge is 0.382 e. The van der Waals surface area contributed by atoms with Crippen LogP contribution in [-0.2, 0) is 9.47 Å². The molecule has 1 rings (SSSR count). The molecule has 0 heterocycles. The molecule has 2 N–H and O–H groups in total. The Bertz CT molecular complexity index is 337. The molecule has 1 aliphatic carbocycles. The van der Waals surface area contributed by atoms with E-state index in [0.29, 0.717) is 19.3 Å². The van der Waals surface area contributed by atoms with Crippen LogP contribution in [0.5, 0.6) is 0 Å². The van der Waals surface area contributed by atoms with E-state index in [1.165, 1.54) is 32.1 Å². The maximum absolute atomic E-state index is 5.47. The molecule has 6 nitrogen and oxygen atoms in total. The van der Waals surface area contributed by atoms with Crippen LogP contribution in [0, 0.1) is 5.92 Å². The van der Waals surface area contributed by atoms with Gasteiger partial charge in [0.25, 0.3) is 0 Å². The van der Waals surface area contributed by atoms with Gasteiger partial charge in [-0.2, -0.15) is 0 Å². The van der Waals surface area contributed by atoms with Crippen molar-refractivity contribution in [3.05, 3.63) is 0 Å². The van der Waals surface area contributed by atoms with Gasteiger partial charge in [-0.15, -0.1) is 24.0 Å². The first-order valence-electron chi connectivity index (χ1n) is 9.36. The summed E-state index contributed by atoms with van der Waals surface area (Å²) in [5, 5.41) is 6.86. The highest BCUT2D eigenvalue weighted by Gasteiger charge is 2.25. The van der Waals surface area contributed by atoms with E-state index in [2.05, 4.69) is 34.6 Å². The average Bonchev–Trinajstić information content (AvgIpc) is 2.60. The zero-order valence-electron chi connectivity index (χ0n) is 16.6. The highest BCUT2D eigenvalue weighted by Crippen LogP contribution is 2.27. The van der Waals surface area contributed by atoms with Gasteiger partial charge in [0.2, 0.25) is 0 Å². The summed E-state index contributed by atoms with van der Waals surface area (Å²) < 4.78 is 10.4. The first kappa shape index (κ1) is 24.9. The molecule has 0 saturated heterocycles. The van der Waals surface area contributed by atoms with Gasteiger partial charge in [0, 0.05) is 39.9 Å². The second-order valence-electron chi connectivity index (χ2n) is 6.77. The van der Waals surface area contributed by atoms with Crippen LogP contribution < -0.4 is 10.6 Å². The van der Waals surface area contributed by atoms with Crippen molar-refractivity contribution in [3.8, 4) is 0 Å². The van der Waals surface area contributed by atoms with Gasteiger partial charge < -0.3 is 25.0 Å². The zero-order valence-corrected chi connectivity index (χ0v) is 18.9. The number of aliphatic imine (C=N–C) groups is 1. The normalized spacial score (nSPS) is 17.2. The Morgan fingerprint density at radius 3 is 2.44 bits per heavy atom. The van der Waals surface area contributed by atoms with E-state index in [4.69, 9.17) is 9.47 Å². The number of nitrogens with zero attached hydrogens (tertiary/aromatic N) is 2. The maximum atomic E-state index is 5.47. The summed E-state index contributed by atoms with van der Waals surface area (Å²) >= 11 is 0. The first-order chi connectivity index (χ1) is 11.7. The fraction of sp³-hybridized carbons (Fsp3) is 0.944. The number of hydrogen-bond donors (Lipinski definition) is 2. The highest BCUT2D eigenvalue weighted by atomic mass is 127. The number of guanidine groups is 1. The fourth-order valence-corrected chi connectivity index (χ4v) is 3.34. The molecule has 0 spiro atoms. The lowest BCUT2D eigenvalue weighted by Crippen LogP contribution is -2.48. The third kappa shape index (κ3) is 11.2. The van der Waals surface area contributed by atoms with Gasteiger partial charge >= 0.3 is 0 Å². The lowest BCUT2D eigenvalue weighted by molar-refractivity contribution is 0.0698. The number of nitrogens with one attached hydrogen (secondary N) is 2. The summed E-state index contributed by atoms with van der Waals surface area (Å²) in [5.74, 6) is 1.68. The molecule has 1 saturated carbocycles. The summed E-state index contributed by atoms with van der Waals surface area (Å²) in [6.45, 7) is 3.87. The molecular weight excluding hydrogens is 431 g/mol. The van der Waals surface area contributed by atoms with Crippen LogP contribution in [0.2, 0.25) is 0 Å². The van der Waals surface area contributed by atoms with Crippen LogP contribution >= 0.6 is 24.0 Å². The predicted molar refractivity (Wildman–Crippen MR) is 116 cm³/mol. The van der Waals surface area contributed by atoms with Crippen molar-refractivity contribution in [2.45, 2.75) is 44.6 Å². The number of ether oxygens (including phenoxy) is 2. The van der Waals surface area contributed by atoms with Crippen LogP contribution in [0.1, 0.15) is 38.5 Å². The molecule has 1 atom stereocenters. The summed E-state index contributed by atoms with van der Waals surface area (Å²) in [6, 6.07) is 0.571. The monoisotopic (exact) mass is 470 g/mol. The van der Waals surface area contributed by atoms with Crippen molar-refractivity contribution in [1.82, 2.24) is 15.5 Å². The van der Waals surface area contributed by atoms with Crippen LogP contribution in [-0.4, -0.2) is 78.1 Å². The van der Waals surface area contributed by atoms with Gasteiger partial charge in [0.1, 0.15) is 0 Å². The molecule has 0 aromatic rings. The number of hydrogen-bond acceptors (Lipinski definition) is 4. The van der Waals surface area contributed by atoms with Crippen molar-refractivity contribution >= 4 is 29.9 Å². The van der Waals surface area contributed by atoms with Crippen LogP contribution in [0.25, 0.3) is 0 Å². The quantitative estimate of drug-likeness (QED) is 0.210. The van der Waals surface area contributed by atoms with Gasteiger partial charge in [-0.3, -0.25) is 4.99 Å². The summed E-state index contributed by atoms with van der Waals surface area (Å²) in [5.41, 5.74) is 0. The lowest BCUT2D eigenvalue weighted by Gasteiger charge is -2.35. The van der Waals surface area contributed by atoms with E-state index < -0.39 is 0 Å². The molecule has 0 aromatic heterocycles. The SMILES string of the molecule is CN=C(NCCCOCCOC)NCC(C1CCCCC1)N(C)C.I. The van der Waals surface area contributed by atoms with Gasteiger partial charge in [-0.1, -0.05) is 19.3 Å². The molecule has 0 aliphatic heterocycles. The van der Waals surface area contributed by atoms with Crippen LogP contribution in [0.3, 0.4) is 0 Å². The molecular formula is C18H39IN4O2. The van der Waals surface area contributed by atoms with E-state index in [1.54, 1.807) is 7.11 Å². The second kappa shape index (κ2) is 16.1. The molecule has 0 aromatic carbocycles. The number of likely N-dealkylation sites (N-methyl/N-ethyl adjacent to an activating group) is 1. The molecule has 0 bridgehead atoms. The third-order valence-electron chi connectivity index (χ3n) is 4.75. The first-order valence-corrected chi connectivity index (χ1v) is 9.36. The average molecular weight is 470 g/mol. The minimum Gasteiger partial charge on any atom is -0.382 e. The summed E-state index contributed by atoms with van der Waals surface area (Å²) in [6.07, 6.45) is 7.84. The van der Waals surface area contributed by atoms with Crippen molar-refractivity contribution in [1.29, 1.82) is 0 Å². The highest BCUT2D eigenvalue weighted by molar-refractivity contribution is 14.0. The molecule has 0 amide bonds. The van der Waals surface area contributed by atoms with E-state index in [9.17, 15) is 0 Å². The topological polar surface area (TPSA) is 58.1 Å². The van der Waals surface area contributed by atoms with Gasteiger partial charge in [0.15, 0.2) is 5.96 Å². The molecule has 1 unspecified atom stereocenters. The molecule has 0 radical (unpaired) electrons. The molecule has 1 aliphatic rings. The van der Waals surface area contributed by atoms with E-state index in [0.717, 1.165) is 38.0 Å². The minimum absolute atomic E-state index is 0. The number of halogens is 1. The Labute approximate surface area is 171 Å². The Balaban J connectivity index is 0.00000576. The Morgan fingerprint density at radius 1 is 1.12 bits per heavy atom. The van der Waals surface area contributed by atoms with Gasteiger partial charge in [0.05, 0.1) is 13.2 Å². The van der Waals surface area contributed by atoms with Crippen molar-refractivity contribution < 1.29 is 9.47 Å². The third-order valence-corrected chi connectivity index (χ3v) is 4.75. The lowest BCUT2D eigenvalue weighted by atomic mass is 9.83. The van der Waals surface area contributed by atoms with Crippen molar-refractivity contribution in [3.63, 3.8) is 0 Å². The molecule has 1 fully saturated rings. The van der Waals surface area contributed by atoms with Crippen molar-refractivity contribution in [2.75, 3.05) is 61.2 Å². The summed E-state index contributed by atoms with van der Waals surface area (Å²) in [4.78, 5) is 6.69. The van der Waals surface area contributed by atoms with E-state index in [1.807, 2.05) is 7.05 Å². The van der Waals surface area contributed by atoms with Gasteiger partial charge in [-0.05, 0) is 39.3 Å².